The summed E-state index contributed by atoms with van der Waals surface area (Å²) in [5, 5.41) is 0.828. The molecule has 1 aromatic heterocycles. The Balaban J connectivity index is 1.60. The zero-order chi connectivity index (χ0) is 20.3. The van der Waals surface area contributed by atoms with Crippen LogP contribution in [0.3, 0.4) is 0 Å². The lowest BCUT2D eigenvalue weighted by Crippen LogP contribution is -2.43. The van der Waals surface area contributed by atoms with Gasteiger partial charge in [-0.25, -0.2) is 0 Å². The highest BCUT2D eigenvalue weighted by atomic mass is 16.5. The van der Waals surface area contributed by atoms with E-state index in [4.69, 9.17) is 4.74 Å². The van der Waals surface area contributed by atoms with Gasteiger partial charge in [-0.2, -0.15) is 0 Å². The molecule has 3 aromatic rings. The second-order valence-corrected chi connectivity index (χ2v) is 7.16. The van der Waals surface area contributed by atoms with E-state index in [2.05, 4.69) is 24.7 Å². The molecule has 2 amide bonds. The van der Waals surface area contributed by atoms with E-state index in [0.717, 1.165) is 22.0 Å². The van der Waals surface area contributed by atoms with Crippen LogP contribution >= 0.6 is 0 Å². The number of para-hydroxylation sites is 1. The predicted octanol–water partition coefficient (Wildman–Crippen LogP) is 3.45. The Hall–Kier alpha value is -3.28. The zero-order valence-electron chi connectivity index (χ0n) is 16.6. The van der Waals surface area contributed by atoms with E-state index in [1.807, 2.05) is 61.0 Å². The number of aromatic nitrogens is 1. The highest BCUT2D eigenvalue weighted by Gasteiger charge is 2.15. The van der Waals surface area contributed by atoms with Gasteiger partial charge in [0.25, 0.3) is 11.8 Å². The molecule has 0 aliphatic rings. The molecule has 0 atom stereocenters. The van der Waals surface area contributed by atoms with E-state index in [1.165, 1.54) is 0 Å². The number of aryl methyl sites for hydroxylation is 2. The number of nitrogens with one attached hydrogen (secondary N) is 2. The number of hydrogen-bond donors (Lipinski definition) is 2. The second kappa shape index (κ2) is 8.17. The van der Waals surface area contributed by atoms with Crippen LogP contribution in [0, 0.1) is 6.92 Å². The van der Waals surface area contributed by atoms with Crippen LogP contribution in [-0.2, 0) is 11.8 Å². The summed E-state index contributed by atoms with van der Waals surface area (Å²) in [4.78, 5) is 24.6. The normalized spacial score (nSPS) is 10.9. The first kappa shape index (κ1) is 19.5. The van der Waals surface area contributed by atoms with Crippen LogP contribution in [0.15, 0.2) is 48.7 Å². The average molecular weight is 379 g/mol. The highest BCUT2D eigenvalue weighted by Crippen LogP contribution is 2.27. The van der Waals surface area contributed by atoms with Gasteiger partial charge in [-0.3, -0.25) is 20.4 Å². The largest absolute Gasteiger partial charge is 0.483 e. The highest BCUT2D eigenvalue weighted by molar-refractivity contribution is 6.07. The lowest BCUT2D eigenvalue weighted by molar-refractivity contribution is -0.123. The van der Waals surface area contributed by atoms with E-state index >= 15 is 0 Å². The Morgan fingerprint density at radius 3 is 2.61 bits per heavy atom. The lowest BCUT2D eigenvalue weighted by Gasteiger charge is -2.15. The maximum atomic E-state index is 12.5. The molecule has 1 heterocycles. The number of hydrogen-bond acceptors (Lipinski definition) is 3. The molecule has 0 bridgehead atoms. The molecule has 0 radical (unpaired) electrons. The summed E-state index contributed by atoms with van der Waals surface area (Å²) in [6.45, 7) is 5.93. The molecular formula is C22H25N3O3. The molecule has 0 saturated carbocycles. The van der Waals surface area contributed by atoms with Gasteiger partial charge in [0.1, 0.15) is 5.75 Å². The third-order valence-corrected chi connectivity index (χ3v) is 4.61. The summed E-state index contributed by atoms with van der Waals surface area (Å²) in [6, 6.07) is 13.5. The third-order valence-electron chi connectivity index (χ3n) is 4.61. The third kappa shape index (κ3) is 4.17. The van der Waals surface area contributed by atoms with Crippen molar-refractivity contribution in [2.24, 2.45) is 7.05 Å². The van der Waals surface area contributed by atoms with Crippen molar-refractivity contribution in [1.29, 1.82) is 0 Å². The van der Waals surface area contributed by atoms with Gasteiger partial charge < -0.3 is 9.30 Å². The summed E-state index contributed by atoms with van der Waals surface area (Å²) in [5.74, 6) is 0.170. The Labute approximate surface area is 164 Å². The number of amides is 2. The lowest BCUT2D eigenvalue weighted by atomic mass is 10.0. The molecule has 0 aliphatic carbocycles. The first-order chi connectivity index (χ1) is 13.4. The van der Waals surface area contributed by atoms with E-state index in [0.29, 0.717) is 11.3 Å². The Bertz CT molecular complexity index is 1020. The number of carbonyl (C=O) groups excluding carboxylic acids is 2. The predicted molar refractivity (Wildman–Crippen MR) is 109 cm³/mol. The molecule has 0 fully saturated rings. The van der Waals surface area contributed by atoms with Crippen LogP contribution in [0.4, 0.5) is 0 Å². The fourth-order valence-electron chi connectivity index (χ4n) is 3.14. The topological polar surface area (TPSA) is 72.4 Å². The van der Waals surface area contributed by atoms with Crippen molar-refractivity contribution in [1.82, 2.24) is 15.4 Å². The molecule has 6 heteroatoms. The standard InChI is InChI=1S/C22H25N3O3/c1-14(2)16-10-9-15(3)11-20(16)28-13-21(26)23-24-22(27)18-12-25(4)19-8-6-5-7-17(18)19/h5-12,14H,13H2,1-4H3,(H,23,26)(H,24,27). The minimum Gasteiger partial charge on any atom is -0.483 e. The number of carbonyl (C=O) groups is 2. The molecule has 0 aliphatic heterocycles. The van der Waals surface area contributed by atoms with Crippen molar-refractivity contribution in [2.75, 3.05) is 6.61 Å². The van der Waals surface area contributed by atoms with E-state index in [9.17, 15) is 9.59 Å². The molecule has 3 rings (SSSR count). The van der Waals surface area contributed by atoms with Crippen LogP contribution < -0.4 is 15.6 Å². The molecule has 0 spiro atoms. The molecule has 146 valence electrons. The number of nitrogens with zero attached hydrogens (tertiary/aromatic N) is 1. The van der Waals surface area contributed by atoms with Crippen molar-refractivity contribution in [2.45, 2.75) is 26.7 Å². The monoisotopic (exact) mass is 379 g/mol. The summed E-state index contributed by atoms with van der Waals surface area (Å²) in [6.07, 6.45) is 1.74. The maximum Gasteiger partial charge on any atom is 0.276 e. The van der Waals surface area contributed by atoms with Crippen LogP contribution in [0.2, 0.25) is 0 Å². The summed E-state index contributed by atoms with van der Waals surface area (Å²) >= 11 is 0. The van der Waals surface area contributed by atoms with Gasteiger partial charge in [0.2, 0.25) is 0 Å². The summed E-state index contributed by atoms with van der Waals surface area (Å²) < 4.78 is 7.56. The number of fused-ring (bicyclic) bond motifs is 1. The fraction of sp³-hybridized carbons (Fsp3) is 0.273. The molecule has 28 heavy (non-hydrogen) atoms. The molecule has 0 saturated heterocycles. The van der Waals surface area contributed by atoms with Gasteiger partial charge >= 0.3 is 0 Å². The Kier molecular flexibility index (Phi) is 5.68. The van der Waals surface area contributed by atoms with Gasteiger partial charge in [-0.1, -0.05) is 44.2 Å². The quantitative estimate of drug-likeness (QED) is 0.667. The molecule has 0 unspecified atom stereocenters. The number of ether oxygens (including phenoxy) is 1. The molecule has 6 nitrogen and oxygen atoms in total. The second-order valence-electron chi connectivity index (χ2n) is 7.16. The van der Waals surface area contributed by atoms with Gasteiger partial charge in [0.05, 0.1) is 5.56 Å². The van der Waals surface area contributed by atoms with Gasteiger partial charge in [-0.05, 0) is 36.1 Å². The van der Waals surface area contributed by atoms with Crippen molar-refractivity contribution in [3.63, 3.8) is 0 Å². The average Bonchev–Trinajstić information content (AvgIpc) is 3.01. The molecular weight excluding hydrogens is 354 g/mol. The zero-order valence-corrected chi connectivity index (χ0v) is 16.6. The first-order valence-corrected chi connectivity index (χ1v) is 9.23. The summed E-state index contributed by atoms with van der Waals surface area (Å²) in [5.41, 5.74) is 8.42. The van der Waals surface area contributed by atoms with Crippen LogP contribution in [0.5, 0.6) is 5.75 Å². The Morgan fingerprint density at radius 2 is 1.86 bits per heavy atom. The van der Waals surface area contributed by atoms with E-state index in [1.54, 1.807) is 6.20 Å². The maximum absolute atomic E-state index is 12.5. The minimum atomic E-state index is -0.426. The van der Waals surface area contributed by atoms with Crippen LogP contribution in [0.1, 0.15) is 41.3 Å². The first-order valence-electron chi connectivity index (χ1n) is 9.23. The van der Waals surface area contributed by atoms with Crippen molar-refractivity contribution in [3.05, 3.63) is 65.4 Å². The van der Waals surface area contributed by atoms with Crippen molar-refractivity contribution < 1.29 is 14.3 Å². The Morgan fingerprint density at radius 1 is 1.11 bits per heavy atom. The minimum absolute atomic E-state index is 0.182. The molecule has 2 N–H and O–H groups in total. The fourth-order valence-corrected chi connectivity index (χ4v) is 3.14. The van der Waals surface area contributed by atoms with Gasteiger partial charge in [-0.15, -0.1) is 0 Å². The summed E-state index contributed by atoms with van der Waals surface area (Å²) in [7, 11) is 1.87. The number of rotatable bonds is 5. The SMILES string of the molecule is Cc1ccc(C(C)C)c(OCC(=O)NNC(=O)c2cn(C)c3ccccc23)c1. The van der Waals surface area contributed by atoms with Crippen LogP contribution in [-0.4, -0.2) is 23.0 Å². The van der Waals surface area contributed by atoms with Crippen molar-refractivity contribution >= 4 is 22.7 Å². The number of hydrazine groups is 1. The van der Waals surface area contributed by atoms with Crippen LogP contribution in [0.25, 0.3) is 10.9 Å². The van der Waals surface area contributed by atoms with Gasteiger partial charge in [0, 0.05) is 24.1 Å². The van der Waals surface area contributed by atoms with E-state index < -0.39 is 5.91 Å². The van der Waals surface area contributed by atoms with Gasteiger partial charge in [0.15, 0.2) is 6.61 Å². The van der Waals surface area contributed by atoms with Crippen molar-refractivity contribution in [3.8, 4) is 5.75 Å². The molecule has 2 aromatic carbocycles. The van der Waals surface area contributed by atoms with E-state index in [-0.39, 0.29) is 18.4 Å². The smallest absolute Gasteiger partial charge is 0.276 e. The number of benzene rings is 2.